The molecule has 0 N–H and O–H groups in total. The molecule has 1 heterocycles. The van der Waals surface area contributed by atoms with E-state index in [1.807, 2.05) is 20.1 Å². The number of thioether (sulfide) groups is 1. The molecule has 0 bridgehead atoms. The van der Waals surface area contributed by atoms with E-state index in [-0.39, 0.29) is 18.2 Å². The first-order valence-electron chi connectivity index (χ1n) is 6.08. The topological polar surface area (TPSA) is 55.8 Å². The summed E-state index contributed by atoms with van der Waals surface area (Å²) in [7, 11) is 1.38. The molecule has 1 rings (SSSR count). The van der Waals surface area contributed by atoms with Gasteiger partial charge in [0.2, 0.25) is 0 Å². The summed E-state index contributed by atoms with van der Waals surface area (Å²) in [5.74, 6) is -0.270. The molecule has 2 unspecified atom stereocenters. The molecule has 0 aromatic rings. The summed E-state index contributed by atoms with van der Waals surface area (Å²) >= 11 is 1.43. The van der Waals surface area contributed by atoms with Crippen LogP contribution in [0.15, 0.2) is 0 Å². The van der Waals surface area contributed by atoms with Crippen LogP contribution in [0.2, 0.25) is 0 Å². The van der Waals surface area contributed by atoms with Crippen molar-refractivity contribution in [3.05, 3.63) is 0 Å². The van der Waals surface area contributed by atoms with Gasteiger partial charge >= 0.3 is 12.1 Å². The minimum absolute atomic E-state index is 0.0973. The van der Waals surface area contributed by atoms with E-state index in [4.69, 9.17) is 9.47 Å². The summed E-state index contributed by atoms with van der Waals surface area (Å²) in [6, 6.07) is 0. The van der Waals surface area contributed by atoms with E-state index in [1.165, 1.54) is 18.9 Å². The fraction of sp³-hybridized carbons (Fsp3) is 0.833. The number of carbonyl (C=O) groups is 2. The number of ether oxygens (including phenoxy) is 2. The summed E-state index contributed by atoms with van der Waals surface area (Å²) in [6.45, 7) is 4.71. The maximum atomic E-state index is 11.9. The highest BCUT2D eigenvalue weighted by Crippen LogP contribution is 2.35. The van der Waals surface area contributed by atoms with Gasteiger partial charge in [-0.05, 0) is 26.0 Å². The number of hydrogen-bond acceptors (Lipinski definition) is 5. The summed E-state index contributed by atoms with van der Waals surface area (Å²) in [5, 5.41) is 0. The van der Waals surface area contributed by atoms with Crippen molar-refractivity contribution in [2.24, 2.45) is 0 Å². The zero-order valence-corrected chi connectivity index (χ0v) is 12.2. The van der Waals surface area contributed by atoms with Gasteiger partial charge in [-0.3, -0.25) is 4.79 Å². The maximum Gasteiger partial charge on any atom is 0.410 e. The lowest BCUT2D eigenvalue weighted by atomic mass is 10.1. The molecule has 6 heteroatoms. The van der Waals surface area contributed by atoms with Crippen LogP contribution in [0.1, 0.15) is 26.7 Å². The van der Waals surface area contributed by atoms with Crippen molar-refractivity contribution in [2.75, 3.05) is 26.5 Å². The second-order valence-electron chi connectivity index (χ2n) is 4.46. The van der Waals surface area contributed by atoms with E-state index in [2.05, 4.69) is 0 Å². The molecule has 0 aliphatic carbocycles. The highest BCUT2D eigenvalue weighted by Gasteiger charge is 2.47. The van der Waals surface area contributed by atoms with Crippen molar-refractivity contribution in [3.8, 4) is 0 Å². The highest BCUT2D eigenvalue weighted by molar-refractivity contribution is 8.00. The number of nitrogens with zero attached hydrogens (tertiary/aromatic N) is 1. The van der Waals surface area contributed by atoms with E-state index in [1.54, 1.807) is 4.90 Å². The number of hydrogen-bond donors (Lipinski definition) is 0. The van der Waals surface area contributed by atoms with Crippen LogP contribution < -0.4 is 0 Å². The fourth-order valence-electron chi connectivity index (χ4n) is 1.87. The average Bonchev–Trinajstić information content (AvgIpc) is 2.83. The summed E-state index contributed by atoms with van der Waals surface area (Å²) in [5.41, 5.74) is 0. The number of amides is 1. The largest absolute Gasteiger partial charge is 0.468 e. The molecule has 1 aliphatic rings. The molecule has 1 amide bonds. The molecule has 1 saturated heterocycles. The predicted molar refractivity (Wildman–Crippen MR) is 70.7 cm³/mol. The Morgan fingerprint density at radius 2 is 2.17 bits per heavy atom. The molecule has 1 fully saturated rings. The minimum atomic E-state index is -0.636. The van der Waals surface area contributed by atoms with Crippen LogP contribution in [0.3, 0.4) is 0 Å². The number of carbonyl (C=O) groups excluding carboxylic acids is 2. The van der Waals surface area contributed by atoms with Crippen LogP contribution in [-0.2, 0) is 14.3 Å². The van der Waals surface area contributed by atoms with Gasteiger partial charge in [-0.1, -0.05) is 6.92 Å². The lowest BCUT2D eigenvalue weighted by Gasteiger charge is -2.24. The van der Waals surface area contributed by atoms with Crippen LogP contribution in [-0.4, -0.2) is 54.3 Å². The van der Waals surface area contributed by atoms with Crippen molar-refractivity contribution in [3.63, 3.8) is 0 Å². The summed E-state index contributed by atoms with van der Waals surface area (Å²) < 4.78 is 9.44. The lowest BCUT2D eigenvalue weighted by molar-refractivity contribution is -0.143. The minimum Gasteiger partial charge on any atom is -0.468 e. The van der Waals surface area contributed by atoms with Gasteiger partial charge in [-0.15, -0.1) is 11.8 Å². The fourth-order valence-corrected chi connectivity index (χ4v) is 2.70. The third kappa shape index (κ3) is 3.10. The molecule has 0 radical (unpaired) electrons. The van der Waals surface area contributed by atoms with E-state index in [9.17, 15) is 9.59 Å². The molecule has 1 aliphatic heterocycles. The lowest BCUT2D eigenvalue weighted by Crippen LogP contribution is -2.41. The first kappa shape index (κ1) is 15.1. The smallest absolute Gasteiger partial charge is 0.410 e. The Hall–Kier alpha value is -0.910. The standard InChI is InChI=1S/C12H21NO4S/c1-5-9(2)17-11(15)13-7-6-12(8-13,18-4)10(14)16-3/h9H,5-8H2,1-4H3. The van der Waals surface area contributed by atoms with Gasteiger partial charge in [0.25, 0.3) is 0 Å². The van der Waals surface area contributed by atoms with E-state index >= 15 is 0 Å². The predicted octanol–water partition coefficient (Wildman–Crippen LogP) is 1.90. The second-order valence-corrected chi connectivity index (χ2v) is 5.65. The molecular formula is C12H21NO4S. The number of rotatable bonds is 4. The molecule has 0 spiro atoms. The van der Waals surface area contributed by atoms with Crippen molar-refractivity contribution in [2.45, 2.75) is 37.5 Å². The molecule has 0 saturated carbocycles. The summed E-state index contributed by atoms with van der Waals surface area (Å²) in [4.78, 5) is 25.2. The summed E-state index contributed by atoms with van der Waals surface area (Å²) in [6.07, 6.45) is 2.81. The molecule has 2 atom stereocenters. The molecular weight excluding hydrogens is 254 g/mol. The SMILES string of the molecule is CCC(C)OC(=O)N1CCC(SC)(C(=O)OC)C1. The van der Waals surface area contributed by atoms with Gasteiger partial charge in [0.1, 0.15) is 10.9 Å². The van der Waals surface area contributed by atoms with Gasteiger partial charge in [0, 0.05) is 13.1 Å². The first-order valence-corrected chi connectivity index (χ1v) is 7.30. The Morgan fingerprint density at radius 3 is 2.67 bits per heavy atom. The van der Waals surface area contributed by atoms with Gasteiger partial charge < -0.3 is 14.4 Å². The van der Waals surface area contributed by atoms with Crippen LogP contribution >= 0.6 is 11.8 Å². The Labute approximate surface area is 112 Å². The van der Waals surface area contributed by atoms with Crippen LogP contribution in [0.25, 0.3) is 0 Å². The molecule has 0 aromatic heterocycles. The van der Waals surface area contributed by atoms with Crippen molar-refractivity contribution in [1.29, 1.82) is 0 Å². The van der Waals surface area contributed by atoms with Gasteiger partial charge in [0.05, 0.1) is 7.11 Å². The number of methoxy groups -OCH3 is 1. The van der Waals surface area contributed by atoms with Crippen LogP contribution in [0.4, 0.5) is 4.79 Å². The Balaban J connectivity index is 2.64. The van der Waals surface area contributed by atoms with Gasteiger partial charge in [-0.2, -0.15) is 0 Å². The van der Waals surface area contributed by atoms with E-state index < -0.39 is 4.75 Å². The normalized spacial score (nSPS) is 24.8. The quantitative estimate of drug-likeness (QED) is 0.733. The van der Waals surface area contributed by atoms with E-state index in [0.717, 1.165) is 6.42 Å². The zero-order valence-electron chi connectivity index (χ0n) is 11.4. The molecule has 104 valence electrons. The average molecular weight is 275 g/mol. The molecule has 0 aromatic carbocycles. The van der Waals surface area contributed by atoms with Crippen molar-refractivity contribution >= 4 is 23.8 Å². The monoisotopic (exact) mass is 275 g/mol. The highest BCUT2D eigenvalue weighted by atomic mass is 32.2. The molecule has 5 nitrogen and oxygen atoms in total. The Morgan fingerprint density at radius 1 is 1.50 bits per heavy atom. The van der Waals surface area contributed by atoms with Gasteiger partial charge in [0.15, 0.2) is 0 Å². The third-order valence-electron chi connectivity index (χ3n) is 3.32. The maximum absolute atomic E-state index is 11.9. The second kappa shape index (κ2) is 6.31. The van der Waals surface area contributed by atoms with E-state index in [0.29, 0.717) is 19.5 Å². The Bertz CT molecular complexity index is 323. The third-order valence-corrected chi connectivity index (χ3v) is 4.60. The van der Waals surface area contributed by atoms with Gasteiger partial charge in [-0.25, -0.2) is 4.79 Å². The number of esters is 1. The van der Waals surface area contributed by atoms with Crippen molar-refractivity contribution in [1.82, 2.24) is 4.90 Å². The zero-order chi connectivity index (χ0) is 13.8. The molecule has 18 heavy (non-hydrogen) atoms. The van der Waals surface area contributed by atoms with Crippen molar-refractivity contribution < 1.29 is 19.1 Å². The van der Waals surface area contributed by atoms with Crippen LogP contribution in [0, 0.1) is 0 Å². The van der Waals surface area contributed by atoms with Crippen LogP contribution in [0.5, 0.6) is 0 Å². The Kier molecular flexibility index (Phi) is 5.31. The first-order chi connectivity index (χ1) is 8.49. The number of likely N-dealkylation sites (tertiary alicyclic amines) is 1.